The van der Waals surface area contributed by atoms with Crippen LogP contribution in [0.1, 0.15) is 35.7 Å². The Morgan fingerprint density at radius 1 is 1.46 bits per heavy atom. The Labute approximate surface area is 162 Å². The van der Waals surface area contributed by atoms with E-state index in [2.05, 4.69) is 33.1 Å². The van der Waals surface area contributed by atoms with E-state index in [1.807, 2.05) is 0 Å². The second-order valence-electron chi connectivity index (χ2n) is 6.74. The van der Waals surface area contributed by atoms with Gasteiger partial charge in [-0.3, -0.25) is 9.69 Å². The molecule has 26 heavy (non-hydrogen) atoms. The van der Waals surface area contributed by atoms with Crippen molar-refractivity contribution in [3.05, 3.63) is 23.3 Å². The quantitative estimate of drug-likeness (QED) is 0.641. The van der Waals surface area contributed by atoms with Gasteiger partial charge in [0.2, 0.25) is 10.0 Å². The summed E-state index contributed by atoms with van der Waals surface area (Å²) in [6, 6.07) is 3.13. The number of carbonyl (C=O) groups is 1. The molecule has 1 aromatic rings. The number of primary sulfonamides is 1. The fourth-order valence-electron chi connectivity index (χ4n) is 3.67. The summed E-state index contributed by atoms with van der Waals surface area (Å²) in [6.07, 6.45) is 2.58. The standard InChI is InChI=1S/C17H24BrN3O4S/c1-2-21-5-3-4-12(21)10-20-17(22)15-8-14(26(19,23)24)7-11-6-13(9-18)25-16(11)15/h7-8,12-13H,2-6,9-10H2,1H3,(H,20,22)(H2,19,23,24). The third-order valence-corrected chi connectivity index (χ3v) is 6.64. The number of likely N-dealkylation sites (tertiary alicyclic amines) is 1. The Kier molecular flexibility index (Phi) is 5.91. The molecule has 2 unspecified atom stereocenters. The van der Waals surface area contributed by atoms with Crippen molar-refractivity contribution in [1.29, 1.82) is 0 Å². The van der Waals surface area contributed by atoms with Crippen LogP contribution >= 0.6 is 15.9 Å². The number of nitrogens with zero attached hydrogens (tertiary/aromatic N) is 1. The van der Waals surface area contributed by atoms with E-state index in [1.165, 1.54) is 12.1 Å². The molecule has 0 aliphatic carbocycles. The minimum Gasteiger partial charge on any atom is -0.488 e. The molecule has 2 atom stereocenters. The first-order valence-electron chi connectivity index (χ1n) is 8.78. The molecule has 2 aliphatic heterocycles. The lowest BCUT2D eigenvalue weighted by Crippen LogP contribution is -2.40. The number of ether oxygens (including phenoxy) is 1. The molecule has 3 N–H and O–H groups in total. The van der Waals surface area contributed by atoms with Gasteiger partial charge in [-0.15, -0.1) is 0 Å². The Balaban J connectivity index is 1.84. The Bertz CT molecular complexity index is 799. The SMILES string of the molecule is CCN1CCCC1CNC(=O)c1cc(S(N)(=O)=O)cc2c1OC(CBr)C2. The van der Waals surface area contributed by atoms with Gasteiger partial charge in [0, 0.05) is 29.9 Å². The van der Waals surface area contributed by atoms with Gasteiger partial charge < -0.3 is 10.1 Å². The summed E-state index contributed by atoms with van der Waals surface area (Å²) in [7, 11) is -3.90. The maximum atomic E-state index is 12.8. The van der Waals surface area contributed by atoms with Crippen LogP contribution in [0, 0.1) is 0 Å². The highest BCUT2D eigenvalue weighted by atomic mass is 79.9. The number of carbonyl (C=O) groups excluding carboxylic acids is 1. The normalized spacial score (nSPS) is 22.9. The van der Waals surface area contributed by atoms with E-state index in [0.29, 0.717) is 35.7 Å². The van der Waals surface area contributed by atoms with Crippen LogP contribution in [0.5, 0.6) is 5.75 Å². The molecule has 1 aromatic carbocycles. The molecule has 1 fully saturated rings. The maximum Gasteiger partial charge on any atom is 0.255 e. The molecule has 2 aliphatic rings. The molecule has 1 amide bonds. The van der Waals surface area contributed by atoms with Crippen molar-refractivity contribution in [3.63, 3.8) is 0 Å². The van der Waals surface area contributed by atoms with Gasteiger partial charge in [-0.05, 0) is 38.1 Å². The van der Waals surface area contributed by atoms with Crippen LogP contribution in [0.25, 0.3) is 0 Å². The number of nitrogens with one attached hydrogen (secondary N) is 1. The van der Waals surface area contributed by atoms with Crippen LogP contribution in [0.2, 0.25) is 0 Å². The van der Waals surface area contributed by atoms with Crippen LogP contribution < -0.4 is 15.2 Å². The molecular formula is C17H24BrN3O4S. The number of sulfonamides is 1. The van der Waals surface area contributed by atoms with E-state index in [9.17, 15) is 13.2 Å². The number of nitrogens with two attached hydrogens (primary N) is 1. The highest BCUT2D eigenvalue weighted by Gasteiger charge is 2.30. The van der Waals surface area contributed by atoms with Crippen LogP contribution in [0.3, 0.4) is 0 Å². The largest absolute Gasteiger partial charge is 0.488 e. The van der Waals surface area contributed by atoms with Gasteiger partial charge in [0.25, 0.3) is 5.91 Å². The van der Waals surface area contributed by atoms with E-state index in [-0.39, 0.29) is 22.5 Å². The van der Waals surface area contributed by atoms with Crippen LogP contribution in [-0.2, 0) is 16.4 Å². The van der Waals surface area contributed by atoms with E-state index in [1.54, 1.807) is 0 Å². The number of hydrogen-bond donors (Lipinski definition) is 2. The highest BCUT2D eigenvalue weighted by molar-refractivity contribution is 9.09. The number of halogens is 1. The molecule has 3 rings (SSSR count). The summed E-state index contributed by atoms with van der Waals surface area (Å²) in [5.41, 5.74) is 0.929. The summed E-state index contributed by atoms with van der Waals surface area (Å²) in [5, 5.41) is 8.82. The van der Waals surface area contributed by atoms with Gasteiger partial charge in [0.05, 0.1) is 10.5 Å². The van der Waals surface area contributed by atoms with Crippen molar-refractivity contribution >= 4 is 31.9 Å². The lowest BCUT2D eigenvalue weighted by atomic mass is 10.1. The molecule has 0 bridgehead atoms. The molecule has 0 saturated carbocycles. The average Bonchev–Trinajstić information content (AvgIpc) is 3.23. The fraction of sp³-hybridized carbons (Fsp3) is 0.588. The maximum absolute atomic E-state index is 12.8. The number of benzene rings is 1. The van der Waals surface area contributed by atoms with Crippen molar-refractivity contribution < 1.29 is 17.9 Å². The third kappa shape index (κ3) is 4.05. The van der Waals surface area contributed by atoms with Gasteiger partial charge in [-0.25, -0.2) is 13.6 Å². The minimum atomic E-state index is -3.90. The van der Waals surface area contributed by atoms with E-state index in [4.69, 9.17) is 9.88 Å². The van der Waals surface area contributed by atoms with Gasteiger partial charge in [-0.2, -0.15) is 0 Å². The monoisotopic (exact) mass is 445 g/mol. The number of alkyl halides is 1. The molecule has 0 radical (unpaired) electrons. The van der Waals surface area contributed by atoms with Crippen LogP contribution in [0.4, 0.5) is 0 Å². The first-order chi connectivity index (χ1) is 12.3. The number of rotatable bonds is 6. The van der Waals surface area contributed by atoms with Gasteiger partial charge in [0.1, 0.15) is 11.9 Å². The molecule has 7 nitrogen and oxygen atoms in total. The van der Waals surface area contributed by atoms with Crippen molar-refractivity contribution in [1.82, 2.24) is 10.2 Å². The first-order valence-corrected chi connectivity index (χ1v) is 11.4. The zero-order chi connectivity index (χ0) is 18.9. The summed E-state index contributed by atoms with van der Waals surface area (Å²) in [6.45, 7) is 4.63. The summed E-state index contributed by atoms with van der Waals surface area (Å²) in [5.74, 6) is 0.128. The molecular weight excluding hydrogens is 422 g/mol. The van der Waals surface area contributed by atoms with Crippen molar-refractivity contribution in [2.24, 2.45) is 5.14 Å². The second kappa shape index (κ2) is 7.84. The van der Waals surface area contributed by atoms with Crippen molar-refractivity contribution in [3.8, 4) is 5.75 Å². The zero-order valence-corrected chi connectivity index (χ0v) is 17.1. The second-order valence-corrected chi connectivity index (χ2v) is 8.95. The molecule has 0 spiro atoms. The van der Waals surface area contributed by atoms with Gasteiger partial charge >= 0.3 is 0 Å². The minimum absolute atomic E-state index is 0.0590. The predicted molar refractivity (Wildman–Crippen MR) is 102 cm³/mol. The fourth-order valence-corrected chi connectivity index (χ4v) is 4.62. The van der Waals surface area contributed by atoms with E-state index >= 15 is 0 Å². The van der Waals surface area contributed by atoms with Crippen LogP contribution in [0.15, 0.2) is 17.0 Å². The Hall–Kier alpha value is -1.16. The predicted octanol–water partition coefficient (Wildman–Crippen LogP) is 1.25. The number of hydrogen-bond acceptors (Lipinski definition) is 5. The zero-order valence-electron chi connectivity index (χ0n) is 14.7. The third-order valence-electron chi connectivity index (χ3n) is 5.02. The van der Waals surface area contributed by atoms with E-state index < -0.39 is 10.0 Å². The van der Waals surface area contributed by atoms with Gasteiger partial charge in [0.15, 0.2) is 0 Å². The summed E-state index contributed by atoms with van der Waals surface area (Å²) < 4.78 is 29.4. The number of likely N-dealkylation sites (N-methyl/N-ethyl adjacent to an activating group) is 1. The highest BCUT2D eigenvalue weighted by Crippen LogP contribution is 2.35. The summed E-state index contributed by atoms with van der Waals surface area (Å²) in [4.78, 5) is 15.1. The smallest absolute Gasteiger partial charge is 0.255 e. The molecule has 9 heteroatoms. The molecule has 144 valence electrons. The topological polar surface area (TPSA) is 102 Å². The molecule has 2 heterocycles. The first kappa shape index (κ1) is 19.6. The lowest BCUT2D eigenvalue weighted by molar-refractivity contribution is 0.0936. The Morgan fingerprint density at radius 3 is 2.88 bits per heavy atom. The van der Waals surface area contributed by atoms with Crippen molar-refractivity contribution in [2.45, 2.75) is 43.2 Å². The van der Waals surface area contributed by atoms with E-state index in [0.717, 1.165) is 25.9 Å². The lowest BCUT2D eigenvalue weighted by Gasteiger charge is -2.23. The number of amides is 1. The Morgan fingerprint density at radius 2 is 2.23 bits per heavy atom. The number of fused-ring (bicyclic) bond motifs is 1. The van der Waals surface area contributed by atoms with Crippen LogP contribution in [-0.4, -0.2) is 56.3 Å². The molecule has 0 aromatic heterocycles. The summed E-state index contributed by atoms with van der Waals surface area (Å²) >= 11 is 3.37. The van der Waals surface area contributed by atoms with Gasteiger partial charge in [-0.1, -0.05) is 22.9 Å². The average molecular weight is 446 g/mol. The molecule has 1 saturated heterocycles. The van der Waals surface area contributed by atoms with Crippen molar-refractivity contribution in [2.75, 3.05) is 25.0 Å².